The third-order valence-electron chi connectivity index (χ3n) is 4.66. The molecule has 0 aliphatic heterocycles. The summed E-state index contributed by atoms with van der Waals surface area (Å²) in [4.78, 5) is 4.72. The first kappa shape index (κ1) is 24.3. The summed E-state index contributed by atoms with van der Waals surface area (Å²) < 4.78 is 22.0. The summed E-state index contributed by atoms with van der Waals surface area (Å²) in [6.45, 7) is 7.43. The van der Waals surface area contributed by atoms with Gasteiger partial charge in [-0.05, 0) is 42.2 Å². The lowest BCUT2D eigenvalue weighted by Crippen LogP contribution is -2.37. The van der Waals surface area contributed by atoms with Gasteiger partial charge < -0.3 is 29.6 Å². The Bertz CT molecular complexity index is 814. The predicted molar refractivity (Wildman–Crippen MR) is 124 cm³/mol. The number of nitrogens with one attached hydrogen (secondary N) is 2. The third kappa shape index (κ3) is 7.36. The second kappa shape index (κ2) is 13.4. The van der Waals surface area contributed by atoms with Gasteiger partial charge in [-0.3, -0.25) is 0 Å². The van der Waals surface area contributed by atoms with E-state index < -0.39 is 0 Å². The first-order valence-electron chi connectivity index (χ1n) is 10.6. The van der Waals surface area contributed by atoms with Gasteiger partial charge in [-0.1, -0.05) is 31.2 Å². The van der Waals surface area contributed by atoms with Gasteiger partial charge in [0, 0.05) is 19.7 Å². The Hall–Kier alpha value is -2.93. The average molecular weight is 430 g/mol. The molecule has 0 saturated carbocycles. The summed E-state index contributed by atoms with van der Waals surface area (Å²) in [6, 6.07) is 12.1. The Labute approximate surface area is 185 Å². The van der Waals surface area contributed by atoms with E-state index in [4.69, 9.17) is 23.9 Å². The molecule has 170 valence electrons. The lowest BCUT2D eigenvalue weighted by molar-refractivity contribution is 0.121. The SMILES string of the molecule is CCCOCc1ccccc1CNC(=NCc1cc(OC)c(OC)c(OC)c1)NCC. The number of benzene rings is 2. The first-order valence-corrected chi connectivity index (χ1v) is 10.6. The van der Waals surface area contributed by atoms with E-state index in [0.29, 0.717) is 36.9 Å². The highest BCUT2D eigenvalue weighted by Crippen LogP contribution is 2.38. The zero-order valence-electron chi connectivity index (χ0n) is 19.3. The zero-order chi connectivity index (χ0) is 22.5. The van der Waals surface area contributed by atoms with Crippen molar-refractivity contribution in [3.63, 3.8) is 0 Å². The van der Waals surface area contributed by atoms with Crippen molar-refractivity contribution in [1.82, 2.24) is 10.6 Å². The zero-order valence-corrected chi connectivity index (χ0v) is 19.3. The van der Waals surface area contributed by atoms with E-state index in [1.807, 2.05) is 31.2 Å². The van der Waals surface area contributed by atoms with Gasteiger partial charge in [0.15, 0.2) is 17.5 Å². The lowest BCUT2D eigenvalue weighted by atomic mass is 10.1. The van der Waals surface area contributed by atoms with Crippen LogP contribution in [-0.2, 0) is 24.4 Å². The van der Waals surface area contributed by atoms with Gasteiger partial charge >= 0.3 is 0 Å². The maximum atomic E-state index is 5.72. The highest BCUT2D eigenvalue weighted by atomic mass is 16.5. The Morgan fingerprint density at radius 2 is 1.58 bits per heavy atom. The smallest absolute Gasteiger partial charge is 0.203 e. The van der Waals surface area contributed by atoms with Gasteiger partial charge in [0.1, 0.15) is 0 Å². The maximum absolute atomic E-state index is 5.72. The molecule has 2 N–H and O–H groups in total. The first-order chi connectivity index (χ1) is 15.2. The van der Waals surface area contributed by atoms with Crippen LogP contribution in [0.4, 0.5) is 0 Å². The van der Waals surface area contributed by atoms with E-state index >= 15 is 0 Å². The van der Waals surface area contributed by atoms with Crippen LogP contribution in [0, 0.1) is 0 Å². The summed E-state index contributed by atoms with van der Waals surface area (Å²) in [7, 11) is 4.81. The van der Waals surface area contributed by atoms with Crippen LogP contribution >= 0.6 is 0 Å². The monoisotopic (exact) mass is 429 g/mol. The van der Waals surface area contributed by atoms with E-state index in [9.17, 15) is 0 Å². The summed E-state index contributed by atoms with van der Waals surface area (Å²) in [5.74, 6) is 2.54. The largest absolute Gasteiger partial charge is 0.493 e. The molecule has 2 aromatic rings. The number of hydrogen-bond donors (Lipinski definition) is 2. The number of hydrogen-bond acceptors (Lipinski definition) is 5. The second-order valence-corrected chi connectivity index (χ2v) is 6.90. The van der Waals surface area contributed by atoms with Crippen molar-refractivity contribution in [3.05, 3.63) is 53.1 Å². The molecule has 0 bridgehead atoms. The number of guanidine groups is 1. The fourth-order valence-electron chi connectivity index (χ4n) is 3.11. The fraction of sp³-hybridized carbons (Fsp3) is 0.458. The summed E-state index contributed by atoms with van der Waals surface area (Å²) >= 11 is 0. The maximum Gasteiger partial charge on any atom is 0.203 e. The highest BCUT2D eigenvalue weighted by molar-refractivity contribution is 5.79. The van der Waals surface area contributed by atoms with Gasteiger partial charge in [-0.15, -0.1) is 0 Å². The molecular formula is C24H35N3O4. The molecule has 31 heavy (non-hydrogen) atoms. The molecule has 0 aromatic heterocycles. The second-order valence-electron chi connectivity index (χ2n) is 6.90. The standard InChI is InChI=1S/C24H35N3O4/c1-6-12-31-17-20-11-9-8-10-19(20)16-27-24(25-7-2)26-15-18-13-21(28-3)23(30-5)22(14-18)29-4/h8-11,13-14H,6-7,12,15-17H2,1-5H3,(H2,25,26,27). The number of rotatable bonds is 12. The van der Waals surface area contributed by atoms with Crippen LogP contribution in [-0.4, -0.2) is 40.4 Å². The van der Waals surface area contributed by atoms with Crippen molar-refractivity contribution in [3.8, 4) is 17.2 Å². The minimum absolute atomic E-state index is 0.466. The van der Waals surface area contributed by atoms with E-state index in [1.54, 1.807) is 21.3 Å². The molecule has 0 spiro atoms. The molecule has 0 aliphatic carbocycles. The van der Waals surface area contributed by atoms with Gasteiger partial charge in [0.25, 0.3) is 0 Å². The fourth-order valence-corrected chi connectivity index (χ4v) is 3.11. The number of aliphatic imine (C=N–C) groups is 1. The number of nitrogens with zero attached hydrogens (tertiary/aromatic N) is 1. The van der Waals surface area contributed by atoms with Crippen LogP contribution in [0.15, 0.2) is 41.4 Å². The van der Waals surface area contributed by atoms with Crippen LogP contribution in [0.25, 0.3) is 0 Å². The molecule has 0 saturated heterocycles. The number of ether oxygens (including phenoxy) is 4. The van der Waals surface area contributed by atoms with Crippen LogP contribution in [0.2, 0.25) is 0 Å². The van der Waals surface area contributed by atoms with Gasteiger partial charge in [-0.2, -0.15) is 0 Å². The summed E-state index contributed by atoms with van der Waals surface area (Å²) in [6.07, 6.45) is 1.01. The van der Waals surface area contributed by atoms with Gasteiger partial charge in [-0.25, -0.2) is 4.99 Å². The van der Waals surface area contributed by atoms with E-state index in [1.165, 1.54) is 11.1 Å². The van der Waals surface area contributed by atoms with E-state index in [-0.39, 0.29) is 0 Å². The Morgan fingerprint density at radius 3 is 2.16 bits per heavy atom. The normalized spacial score (nSPS) is 11.2. The van der Waals surface area contributed by atoms with Crippen molar-refractivity contribution < 1.29 is 18.9 Å². The van der Waals surface area contributed by atoms with Gasteiger partial charge in [0.2, 0.25) is 5.75 Å². The molecule has 2 aromatic carbocycles. The molecule has 7 nitrogen and oxygen atoms in total. The molecule has 0 unspecified atom stereocenters. The number of methoxy groups -OCH3 is 3. The minimum atomic E-state index is 0.466. The van der Waals surface area contributed by atoms with Crippen molar-refractivity contribution in [2.24, 2.45) is 4.99 Å². The quantitative estimate of drug-likeness (QED) is 0.303. The lowest BCUT2D eigenvalue weighted by Gasteiger charge is -2.15. The molecule has 0 aliphatic rings. The Morgan fingerprint density at radius 1 is 0.903 bits per heavy atom. The molecule has 0 amide bonds. The molecule has 2 rings (SSSR count). The molecule has 0 heterocycles. The Balaban J connectivity index is 2.11. The summed E-state index contributed by atoms with van der Waals surface area (Å²) in [5.41, 5.74) is 3.33. The van der Waals surface area contributed by atoms with Crippen molar-refractivity contribution in [2.75, 3.05) is 34.5 Å². The minimum Gasteiger partial charge on any atom is -0.493 e. The van der Waals surface area contributed by atoms with Crippen LogP contribution in [0.3, 0.4) is 0 Å². The molecule has 0 radical (unpaired) electrons. The van der Waals surface area contributed by atoms with E-state index in [2.05, 4.69) is 29.7 Å². The molecule has 7 heteroatoms. The molecule has 0 fully saturated rings. The van der Waals surface area contributed by atoms with E-state index in [0.717, 1.165) is 31.1 Å². The van der Waals surface area contributed by atoms with Crippen molar-refractivity contribution in [2.45, 2.75) is 40.0 Å². The average Bonchev–Trinajstić information content (AvgIpc) is 2.80. The molecular weight excluding hydrogens is 394 g/mol. The topological polar surface area (TPSA) is 73.3 Å². The highest BCUT2D eigenvalue weighted by Gasteiger charge is 2.13. The van der Waals surface area contributed by atoms with Crippen LogP contribution < -0.4 is 24.8 Å². The third-order valence-corrected chi connectivity index (χ3v) is 4.66. The van der Waals surface area contributed by atoms with Crippen molar-refractivity contribution in [1.29, 1.82) is 0 Å². The van der Waals surface area contributed by atoms with Crippen LogP contribution in [0.1, 0.15) is 37.0 Å². The van der Waals surface area contributed by atoms with Crippen LogP contribution in [0.5, 0.6) is 17.2 Å². The predicted octanol–water partition coefficient (Wildman–Crippen LogP) is 3.89. The summed E-state index contributed by atoms with van der Waals surface area (Å²) in [5, 5.41) is 6.71. The van der Waals surface area contributed by atoms with Crippen molar-refractivity contribution >= 4 is 5.96 Å². The van der Waals surface area contributed by atoms with Gasteiger partial charge in [0.05, 0.1) is 34.5 Å². The molecule has 0 atom stereocenters. The Kier molecular flexibility index (Phi) is 10.5.